The molecule has 23 heavy (non-hydrogen) atoms. The lowest BCUT2D eigenvalue weighted by Crippen LogP contribution is -2.30. The fraction of sp³-hybridized carbons (Fsp3) is 0.350. The summed E-state index contributed by atoms with van der Waals surface area (Å²) >= 11 is 0. The van der Waals surface area contributed by atoms with E-state index in [0.29, 0.717) is 6.54 Å². The SMILES string of the molecule is CCCCc1ccc(NC(=O)NCCc2ccccc2C)cc1. The summed E-state index contributed by atoms with van der Waals surface area (Å²) in [6, 6.07) is 16.2. The number of benzene rings is 2. The molecule has 0 aliphatic carbocycles. The van der Waals surface area contributed by atoms with Gasteiger partial charge in [0, 0.05) is 12.2 Å². The number of urea groups is 1. The van der Waals surface area contributed by atoms with Crippen LogP contribution in [0, 0.1) is 6.92 Å². The van der Waals surface area contributed by atoms with Gasteiger partial charge >= 0.3 is 6.03 Å². The Balaban J connectivity index is 1.75. The molecule has 0 heterocycles. The largest absolute Gasteiger partial charge is 0.338 e. The number of nitrogens with one attached hydrogen (secondary N) is 2. The van der Waals surface area contributed by atoms with Crippen molar-refractivity contribution in [1.82, 2.24) is 5.32 Å². The lowest BCUT2D eigenvalue weighted by atomic mass is 10.1. The quantitative estimate of drug-likeness (QED) is 0.764. The summed E-state index contributed by atoms with van der Waals surface area (Å²) in [6.45, 7) is 4.91. The summed E-state index contributed by atoms with van der Waals surface area (Å²) < 4.78 is 0. The third-order valence-corrected chi connectivity index (χ3v) is 3.97. The van der Waals surface area contributed by atoms with E-state index in [1.807, 2.05) is 24.3 Å². The van der Waals surface area contributed by atoms with Gasteiger partial charge in [-0.25, -0.2) is 4.79 Å². The maximum absolute atomic E-state index is 11.9. The predicted octanol–water partition coefficient (Wildman–Crippen LogP) is 4.70. The van der Waals surface area contributed by atoms with Crippen LogP contribution in [0.4, 0.5) is 10.5 Å². The summed E-state index contributed by atoms with van der Waals surface area (Å²) in [5.41, 5.74) is 4.68. The number of carbonyl (C=O) groups excluding carboxylic acids is 1. The van der Waals surface area contributed by atoms with Crippen molar-refractivity contribution in [2.24, 2.45) is 0 Å². The van der Waals surface area contributed by atoms with Crippen molar-refractivity contribution in [3.63, 3.8) is 0 Å². The van der Waals surface area contributed by atoms with Gasteiger partial charge in [-0.2, -0.15) is 0 Å². The molecule has 0 aromatic heterocycles. The first-order chi connectivity index (χ1) is 11.2. The van der Waals surface area contributed by atoms with E-state index in [4.69, 9.17) is 0 Å². The van der Waals surface area contributed by atoms with E-state index >= 15 is 0 Å². The van der Waals surface area contributed by atoms with Crippen molar-refractivity contribution in [2.45, 2.75) is 39.5 Å². The average Bonchev–Trinajstić information content (AvgIpc) is 2.56. The van der Waals surface area contributed by atoms with Gasteiger partial charge in [-0.05, 0) is 55.0 Å². The maximum atomic E-state index is 11.9. The first-order valence-corrected chi connectivity index (χ1v) is 8.37. The number of hydrogen-bond donors (Lipinski definition) is 2. The van der Waals surface area contributed by atoms with Crippen molar-refractivity contribution in [3.05, 3.63) is 65.2 Å². The Labute approximate surface area is 139 Å². The number of unbranched alkanes of at least 4 members (excludes halogenated alkanes) is 1. The highest BCUT2D eigenvalue weighted by Crippen LogP contribution is 2.12. The van der Waals surface area contributed by atoms with Crippen LogP contribution >= 0.6 is 0 Å². The molecule has 3 heteroatoms. The van der Waals surface area contributed by atoms with Crippen LogP contribution in [0.25, 0.3) is 0 Å². The molecule has 2 aromatic rings. The lowest BCUT2D eigenvalue weighted by Gasteiger charge is -2.09. The van der Waals surface area contributed by atoms with E-state index in [2.05, 4.69) is 48.7 Å². The molecule has 122 valence electrons. The van der Waals surface area contributed by atoms with Gasteiger partial charge in [0.15, 0.2) is 0 Å². The Morgan fingerprint density at radius 2 is 1.74 bits per heavy atom. The predicted molar refractivity (Wildman–Crippen MR) is 97.0 cm³/mol. The van der Waals surface area contributed by atoms with E-state index in [0.717, 1.165) is 18.5 Å². The van der Waals surface area contributed by atoms with Gasteiger partial charge in [-0.3, -0.25) is 0 Å². The molecular formula is C20H26N2O. The minimum absolute atomic E-state index is 0.153. The van der Waals surface area contributed by atoms with Crippen LogP contribution in [-0.2, 0) is 12.8 Å². The van der Waals surface area contributed by atoms with Gasteiger partial charge in [0.1, 0.15) is 0 Å². The Hall–Kier alpha value is -2.29. The van der Waals surface area contributed by atoms with Crippen molar-refractivity contribution in [2.75, 3.05) is 11.9 Å². The van der Waals surface area contributed by atoms with E-state index < -0.39 is 0 Å². The summed E-state index contributed by atoms with van der Waals surface area (Å²) in [7, 11) is 0. The highest BCUT2D eigenvalue weighted by molar-refractivity contribution is 5.89. The van der Waals surface area contributed by atoms with Crippen molar-refractivity contribution in [3.8, 4) is 0 Å². The van der Waals surface area contributed by atoms with Crippen LogP contribution in [0.3, 0.4) is 0 Å². The van der Waals surface area contributed by atoms with E-state index in [9.17, 15) is 4.79 Å². The normalized spacial score (nSPS) is 10.3. The first-order valence-electron chi connectivity index (χ1n) is 8.37. The standard InChI is InChI=1S/C20H26N2O/c1-3-4-8-17-10-12-19(13-11-17)22-20(23)21-15-14-18-9-6-5-7-16(18)2/h5-7,9-13H,3-4,8,14-15H2,1-2H3,(H2,21,22,23). The molecule has 0 bridgehead atoms. The fourth-order valence-electron chi connectivity index (χ4n) is 2.51. The van der Waals surface area contributed by atoms with Crippen LogP contribution in [0.5, 0.6) is 0 Å². The first kappa shape index (κ1) is 17.1. The molecule has 0 spiro atoms. The van der Waals surface area contributed by atoms with Crippen LogP contribution < -0.4 is 10.6 Å². The molecule has 2 rings (SSSR count). The zero-order chi connectivity index (χ0) is 16.5. The molecule has 2 aromatic carbocycles. The zero-order valence-electron chi connectivity index (χ0n) is 14.1. The van der Waals surface area contributed by atoms with Crippen LogP contribution in [0.2, 0.25) is 0 Å². The highest BCUT2D eigenvalue weighted by atomic mass is 16.2. The van der Waals surface area contributed by atoms with Crippen molar-refractivity contribution in [1.29, 1.82) is 0 Å². The lowest BCUT2D eigenvalue weighted by molar-refractivity contribution is 0.252. The second kappa shape index (κ2) is 8.99. The minimum atomic E-state index is -0.153. The van der Waals surface area contributed by atoms with Crippen LogP contribution in [0.15, 0.2) is 48.5 Å². The summed E-state index contributed by atoms with van der Waals surface area (Å²) in [5.74, 6) is 0. The van der Waals surface area contributed by atoms with Crippen molar-refractivity contribution >= 4 is 11.7 Å². The van der Waals surface area contributed by atoms with Crippen LogP contribution in [-0.4, -0.2) is 12.6 Å². The molecule has 0 radical (unpaired) electrons. The van der Waals surface area contributed by atoms with E-state index in [1.54, 1.807) is 0 Å². The molecule has 0 saturated heterocycles. The van der Waals surface area contributed by atoms with E-state index in [-0.39, 0.29) is 6.03 Å². The smallest absolute Gasteiger partial charge is 0.319 e. The number of amides is 2. The van der Waals surface area contributed by atoms with Gasteiger partial charge in [0.05, 0.1) is 0 Å². The summed E-state index contributed by atoms with van der Waals surface area (Å²) in [5, 5.41) is 5.78. The molecule has 0 saturated carbocycles. The second-order valence-corrected chi connectivity index (χ2v) is 5.86. The maximum Gasteiger partial charge on any atom is 0.319 e. The number of hydrogen-bond acceptors (Lipinski definition) is 1. The molecule has 0 atom stereocenters. The topological polar surface area (TPSA) is 41.1 Å². The minimum Gasteiger partial charge on any atom is -0.338 e. The third kappa shape index (κ3) is 5.78. The Kier molecular flexibility index (Phi) is 6.67. The Morgan fingerprint density at radius 1 is 1.00 bits per heavy atom. The molecule has 2 amide bonds. The molecule has 0 aliphatic rings. The van der Waals surface area contributed by atoms with Gasteiger partial charge in [0.2, 0.25) is 0 Å². The summed E-state index contributed by atoms with van der Waals surface area (Å²) in [4.78, 5) is 11.9. The van der Waals surface area contributed by atoms with Gasteiger partial charge in [-0.15, -0.1) is 0 Å². The fourth-order valence-corrected chi connectivity index (χ4v) is 2.51. The molecule has 0 unspecified atom stereocenters. The second-order valence-electron chi connectivity index (χ2n) is 5.86. The zero-order valence-corrected chi connectivity index (χ0v) is 14.1. The molecule has 0 fully saturated rings. The average molecular weight is 310 g/mol. The third-order valence-electron chi connectivity index (χ3n) is 3.97. The van der Waals surface area contributed by atoms with Gasteiger partial charge in [0.25, 0.3) is 0 Å². The van der Waals surface area contributed by atoms with Crippen molar-refractivity contribution < 1.29 is 4.79 Å². The number of aryl methyl sites for hydroxylation is 2. The molecule has 3 nitrogen and oxygen atoms in total. The van der Waals surface area contributed by atoms with Gasteiger partial charge < -0.3 is 10.6 Å². The number of rotatable bonds is 7. The highest BCUT2D eigenvalue weighted by Gasteiger charge is 2.02. The van der Waals surface area contributed by atoms with Gasteiger partial charge in [-0.1, -0.05) is 49.7 Å². The molecule has 2 N–H and O–H groups in total. The number of anilines is 1. The molecular weight excluding hydrogens is 284 g/mol. The summed E-state index contributed by atoms with van der Waals surface area (Å²) in [6.07, 6.45) is 4.34. The number of carbonyl (C=O) groups is 1. The monoisotopic (exact) mass is 310 g/mol. The Morgan fingerprint density at radius 3 is 2.43 bits per heavy atom. The molecule has 0 aliphatic heterocycles. The Bertz CT molecular complexity index is 620. The van der Waals surface area contributed by atoms with E-state index in [1.165, 1.54) is 29.5 Å². The van der Waals surface area contributed by atoms with Crippen LogP contribution in [0.1, 0.15) is 36.5 Å².